The third-order valence-corrected chi connectivity index (χ3v) is 5.47. The smallest absolute Gasteiger partial charge is 0.224 e. The molecular weight excluding hydrogens is 392 g/mol. The van der Waals surface area contributed by atoms with E-state index in [1.165, 1.54) is 11.3 Å². The van der Waals surface area contributed by atoms with E-state index in [9.17, 15) is 4.79 Å². The molecule has 0 bridgehead atoms. The summed E-state index contributed by atoms with van der Waals surface area (Å²) in [6.45, 7) is 2.03. The summed E-state index contributed by atoms with van der Waals surface area (Å²) < 4.78 is 0. The second kappa shape index (κ2) is 9.33. The number of rotatable bonds is 7. The monoisotopic (exact) mass is 414 g/mol. The van der Waals surface area contributed by atoms with Gasteiger partial charge in [0, 0.05) is 41.1 Å². The second-order valence-corrected chi connectivity index (χ2v) is 7.83. The first kappa shape index (κ1) is 19.8. The Kier molecular flexibility index (Phi) is 6.15. The van der Waals surface area contributed by atoms with Gasteiger partial charge in [0.2, 0.25) is 5.91 Å². The van der Waals surface area contributed by atoms with Crippen molar-refractivity contribution in [2.45, 2.75) is 19.8 Å². The van der Waals surface area contributed by atoms with Crippen molar-refractivity contribution >= 4 is 33.8 Å². The molecular formula is C24H22N4OS. The Morgan fingerprint density at radius 1 is 1.07 bits per heavy atom. The van der Waals surface area contributed by atoms with Gasteiger partial charge in [0.05, 0.1) is 5.69 Å². The summed E-state index contributed by atoms with van der Waals surface area (Å²) in [5, 5.41) is 9.16. The standard InChI is InChI=1S/C24H22N4OS/c1-17-9-11-20(26-23(29)12-10-18-6-3-2-4-7-18)14-21(17)27-24-28-22(16-30-24)19-8-5-13-25-15-19/h2-9,11,13-16H,10,12H2,1H3,(H,26,29)(H,27,28). The zero-order chi connectivity index (χ0) is 20.8. The molecule has 150 valence electrons. The van der Waals surface area contributed by atoms with E-state index < -0.39 is 0 Å². The van der Waals surface area contributed by atoms with Gasteiger partial charge in [0.25, 0.3) is 0 Å². The molecule has 0 saturated heterocycles. The fraction of sp³-hybridized carbons (Fsp3) is 0.125. The number of anilines is 3. The second-order valence-electron chi connectivity index (χ2n) is 6.97. The number of pyridine rings is 1. The Labute approximate surface area is 179 Å². The predicted octanol–water partition coefficient (Wildman–Crippen LogP) is 5.83. The van der Waals surface area contributed by atoms with Crippen molar-refractivity contribution in [3.63, 3.8) is 0 Å². The molecule has 0 aliphatic rings. The lowest BCUT2D eigenvalue weighted by Crippen LogP contribution is -2.12. The van der Waals surface area contributed by atoms with Crippen molar-refractivity contribution in [2.75, 3.05) is 10.6 Å². The molecule has 30 heavy (non-hydrogen) atoms. The zero-order valence-corrected chi connectivity index (χ0v) is 17.4. The van der Waals surface area contributed by atoms with Crippen molar-refractivity contribution in [2.24, 2.45) is 0 Å². The minimum absolute atomic E-state index is 0.00164. The van der Waals surface area contributed by atoms with Crippen LogP contribution in [0.3, 0.4) is 0 Å². The Hall–Kier alpha value is -3.51. The lowest BCUT2D eigenvalue weighted by atomic mass is 10.1. The SMILES string of the molecule is Cc1ccc(NC(=O)CCc2ccccc2)cc1Nc1nc(-c2cccnc2)cs1. The van der Waals surface area contributed by atoms with Crippen LogP contribution in [0, 0.1) is 6.92 Å². The third-order valence-electron chi connectivity index (χ3n) is 4.71. The van der Waals surface area contributed by atoms with Crippen LogP contribution in [-0.4, -0.2) is 15.9 Å². The number of hydrogen-bond donors (Lipinski definition) is 2. The van der Waals surface area contributed by atoms with Crippen LogP contribution in [0.5, 0.6) is 0 Å². The van der Waals surface area contributed by atoms with E-state index >= 15 is 0 Å². The molecule has 4 rings (SSSR count). The van der Waals surface area contributed by atoms with E-state index in [4.69, 9.17) is 0 Å². The Balaban J connectivity index is 1.41. The Bertz CT molecular complexity index is 1130. The molecule has 0 spiro atoms. The zero-order valence-electron chi connectivity index (χ0n) is 16.6. The predicted molar refractivity (Wildman–Crippen MR) is 123 cm³/mol. The summed E-state index contributed by atoms with van der Waals surface area (Å²) in [6, 6.07) is 19.8. The molecule has 2 heterocycles. The first-order valence-corrected chi connectivity index (χ1v) is 10.6. The summed E-state index contributed by atoms with van der Waals surface area (Å²) >= 11 is 1.54. The first-order valence-electron chi connectivity index (χ1n) is 9.75. The number of amides is 1. The summed E-state index contributed by atoms with van der Waals surface area (Å²) in [4.78, 5) is 21.1. The fourth-order valence-corrected chi connectivity index (χ4v) is 3.79. The molecule has 0 radical (unpaired) electrons. The van der Waals surface area contributed by atoms with Crippen molar-refractivity contribution < 1.29 is 4.79 Å². The van der Waals surface area contributed by atoms with Crippen LogP contribution in [0.15, 0.2) is 78.4 Å². The summed E-state index contributed by atoms with van der Waals surface area (Å²) in [5.74, 6) is 0.00164. The third kappa shape index (κ3) is 5.10. The fourth-order valence-electron chi connectivity index (χ4n) is 3.05. The average Bonchev–Trinajstić information content (AvgIpc) is 3.25. The van der Waals surface area contributed by atoms with Crippen LogP contribution >= 0.6 is 11.3 Å². The highest BCUT2D eigenvalue weighted by atomic mass is 32.1. The van der Waals surface area contributed by atoms with E-state index in [0.29, 0.717) is 6.42 Å². The molecule has 0 saturated carbocycles. The minimum atomic E-state index is 0.00164. The number of thiazole rings is 1. The maximum absolute atomic E-state index is 12.4. The van der Waals surface area contributed by atoms with Gasteiger partial charge < -0.3 is 10.6 Å². The van der Waals surface area contributed by atoms with Gasteiger partial charge in [-0.05, 0) is 48.7 Å². The van der Waals surface area contributed by atoms with Gasteiger partial charge in [-0.2, -0.15) is 0 Å². The number of benzene rings is 2. The first-order chi connectivity index (χ1) is 14.7. The number of carbonyl (C=O) groups excluding carboxylic acids is 1. The average molecular weight is 415 g/mol. The van der Waals surface area contributed by atoms with Gasteiger partial charge in [-0.1, -0.05) is 36.4 Å². The lowest BCUT2D eigenvalue weighted by molar-refractivity contribution is -0.116. The van der Waals surface area contributed by atoms with Gasteiger partial charge in [-0.25, -0.2) is 4.98 Å². The molecule has 0 aliphatic carbocycles. The number of aromatic nitrogens is 2. The number of hydrogen-bond acceptors (Lipinski definition) is 5. The van der Waals surface area contributed by atoms with Gasteiger partial charge in [-0.15, -0.1) is 11.3 Å². The van der Waals surface area contributed by atoms with E-state index in [1.807, 2.05) is 73.0 Å². The maximum atomic E-state index is 12.4. The number of carbonyl (C=O) groups is 1. The number of nitrogens with one attached hydrogen (secondary N) is 2. The van der Waals surface area contributed by atoms with E-state index in [-0.39, 0.29) is 5.91 Å². The van der Waals surface area contributed by atoms with Crippen LogP contribution in [-0.2, 0) is 11.2 Å². The topological polar surface area (TPSA) is 66.9 Å². The maximum Gasteiger partial charge on any atom is 0.224 e. The largest absolute Gasteiger partial charge is 0.331 e. The van der Waals surface area contributed by atoms with Crippen LogP contribution in [0.1, 0.15) is 17.5 Å². The van der Waals surface area contributed by atoms with Crippen LogP contribution in [0.2, 0.25) is 0 Å². The van der Waals surface area contributed by atoms with Crippen molar-refractivity contribution in [1.82, 2.24) is 9.97 Å². The summed E-state index contributed by atoms with van der Waals surface area (Å²) in [6.07, 6.45) is 4.72. The number of nitrogens with zero attached hydrogens (tertiary/aromatic N) is 2. The Morgan fingerprint density at radius 3 is 2.73 bits per heavy atom. The van der Waals surface area contributed by atoms with E-state index in [1.54, 1.807) is 12.4 Å². The van der Waals surface area contributed by atoms with Crippen molar-refractivity contribution in [3.05, 3.63) is 89.6 Å². The van der Waals surface area contributed by atoms with Crippen molar-refractivity contribution in [1.29, 1.82) is 0 Å². The molecule has 0 atom stereocenters. The molecule has 0 unspecified atom stereocenters. The minimum Gasteiger partial charge on any atom is -0.331 e. The highest BCUT2D eigenvalue weighted by Gasteiger charge is 2.09. The highest BCUT2D eigenvalue weighted by molar-refractivity contribution is 7.14. The van der Waals surface area contributed by atoms with Crippen LogP contribution in [0.25, 0.3) is 11.3 Å². The van der Waals surface area contributed by atoms with Gasteiger partial charge in [0.15, 0.2) is 5.13 Å². The van der Waals surface area contributed by atoms with E-state index in [2.05, 4.69) is 20.6 Å². The Morgan fingerprint density at radius 2 is 1.93 bits per heavy atom. The van der Waals surface area contributed by atoms with Crippen molar-refractivity contribution in [3.8, 4) is 11.3 Å². The van der Waals surface area contributed by atoms with Gasteiger partial charge in [-0.3, -0.25) is 9.78 Å². The summed E-state index contributed by atoms with van der Waals surface area (Å²) in [7, 11) is 0. The number of aryl methyl sites for hydroxylation is 2. The lowest BCUT2D eigenvalue weighted by Gasteiger charge is -2.11. The summed E-state index contributed by atoms with van der Waals surface area (Å²) in [5.41, 5.74) is 5.80. The molecule has 5 nitrogen and oxygen atoms in total. The molecule has 1 amide bonds. The normalized spacial score (nSPS) is 10.6. The van der Waals surface area contributed by atoms with Gasteiger partial charge >= 0.3 is 0 Å². The quantitative estimate of drug-likeness (QED) is 0.399. The van der Waals surface area contributed by atoms with Crippen LogP contribution < -0.4 is 10.6 Å². The molecule has 0 aliphatic heterocycles. The molecule has 2 N–H and O–H groups in total. The van der Waals surface area contributed by atoms with Gasteiger partial charge in [0.1, 0.15) is 0 Å². The molecule has 2 aromatic heterocycles. The highest BCUT2D eigenvalue weighted by Crippen LogP contribution is 2.29. The molecule has 0 fully saturated rings. The van der Waals surface area contributed by atoms with Crippen LogP contribution in [0.4, 0.5) is 16.5 Å². The van der Waals surface area contributed by atoms with E-state index in [0.717, 1.165) is 45.3 Å². The molecule has 6 heteroatoms. The molecule has 4 aromatic rings. The molecule has 2 aromatic carbocycles.